The van der Waals surface area contributed by atoms with Crippen LogP contribution in [0.3, 0.4) is 0 Å². The zero-order chi connectivity index (χ0) is 11.1. The van der Waals surface area contributed by atoms with Gasteiger partial charge in [-0.1, -0.05) is 13.8 Å². The van der Waals surface area contributed by atoms with Gasteiger partial charge in [0.1, 0.15) is 5.82 Å². The Morgan fingerprint density at radius 2 is 2.00 bits per heavy atom. The summed E-state index contributed by atoms with van der Waals surface area (Å²) in [5, 5.41) is 17.3. The Kier molecular flexibility index (Phi) is 5.82. The van der Waals surface area contributed by atoms with Crippen LogP contribution in [0.25, 0.3) is 0 Å². The first-order valence-electron chi connectivity index (χ1n) is 4.20. The Morgan fingerprint density at radius 1 is 1.43 bits per heavy atom. The first-order chi connectivity index (χ1) is 6.65. The van der Waals surface area contributed by atoms with Gasteiger partial charge in [-0.3, -0.25) is 0 Å². The van der Waals surface area contributed by atoms with Gasteiger partial charge < -0.3 is 14.8 Å². The highest BCUT2D eigenvalue weighted by Gasteiger charge is 2.17. The Labute approximate surface area is 82.5 Å². The largest absolute Gasteiger partial charge is 0.491 e. The summed E-state index contributed by atoms with van der Waals surface area (Å²) >= 11 is 0. The molecule has 0 aliphatic heterocycles. The van der Waals surface area contributed by atoms with Crippen LogP contribution in [0.15, 0.2) is 12.3 Å². The van der Waals surface area contributed by atoms with Crippen LogP contribution in [0.2, 0.25) is 0 Å². The average molecular weight is 201 g/mol. The number of hydrogen-bond acceptors (Lipinski definition) is 4. The molecule has 0 aromatic carbocycles. The first kappa shape index (κ1) is 12.9. The summed E-state index contributed by atoms with van der Waals surface area (Å²) in [5.41, 5.74) is -0.248. The maximum atomic E-state index is 12.7. The van der Waals surface area contributed by atoms with Gasteiger partial charge in [0.05, 0.1) is 13.3 Å². The predicted molar refractivity (Wildman–Crippen MR) is 51.9 cm³/mol. The number of pyridine rings is 1. The van der Waals surface area contributed by atoms with Crippen LogP contribution in [0.1, 0.15) is 13.8 Å². The fraction of sp³-hybridized carbons (Fsp3) is 0.375. The van der Waals surface area contributed by atoms with Crippen LogP contribution in [0.5, 0.6) is 5.88 Å². The molecule has 0 amide bonds. The van der Waals surface area contributed by atoms with Crippen LogP contribution in [-0.4, -0.2) is 29.3 Å². The van der Waals surface area contributed by atoms with Gasteiger partial charge in [0, 0.05) is 11.5 Å². The lowest BCUT2D eigenvalue weighted by Gasteiger charge is -2.02. The van der Waals surface area contributed by atoms with E-state index in [-0.39, 0.29) is 11.3 Å². The van der Waals surface area contributed by atoms with E-state index < -0.39 is 12.9 Å². The number of aromatic nitrogens is 1. The van der Waals surface area contributed by atoms with Crippen molar-refractivity contribution in [3.63, 3.8) is 0 Å². The molecule has 2 N–H and O–H groups in total. The minimum absolute atomic E-state index is 0.138. The van der Waals surface area contributed by atoms with Crippen molar-refractivity contribution in [2.45, 2.75) is 13.8 Å². The molecule has 78 valence electrons. The molecule has 1 aromatic rings. The molecule has 1 rings (SSSR count). The van der Waals surface area contributed by atoms with E-state index in [1.807, 2.05) is 13.8 Å². The smallest absolute Gasteiger partial charge is 0.481 e. The van der Waals surface area contributed by atoms with Gasteiger partial charge >= 0.3 is 7.12 Å². The second kappa shape index (κ2) is 6.34. The molecule has 0 bridgehead atoms. The fourth-order valence-corrected chi connectivity index (χ4v) is 0.744. The molecule has 0 aliphatic rings. The molecule has 0 saturated carbocycles. The summed E-state index contributed by atoms with van der Waals surface area (Å²) in [6.45, 7) is 4.00. The van der Waals surface area contributed by atoms with E-state index in [0.717, 1.165) is 12.3 Å². The van der Waals surface area contributed by atoms with Gasteiger partial charge in [-0.05, 0) is 0 Å². The summed E-state index contributed by atoms with van der Waals surface area (Å²) in [6, 6.07) is 1.12. The van der Waals surface area contributed by atoms with Crippen molar-refractivity contribution >= 4 is 12.6 Å². The Balaban J connectivity index is 0.000000791. The summed E-state index contributed by atoms with van der Waals surface area (Å²) < 4.78 is 17.4. The summed E-state index contributed by atoms with van der Waals surface area (Å²) in [5.74, 6) is -0.634. The van der Waals surface area contributed by atoms with Crippen LogP contribution in [0.4, 0.5) is 4.39 Å². The first-order valence-corrected chi connectivity index (χ1v) is 4.20. The molecule has 6 heteroatoms. The van der Waals surface area contributed by atoms with Gasteiger partial charge in [0.25, 0.3) is 0 Å². The van der Waals surface area contributed by atoms with Crippen molar-refractivity contribution < 1.29 is 19.2 Å². The lowest BCUT2D eigenvalue weighted by Crippen LogP contribution is -2.33. The van der Waals surface area contributed by atoms with Gasteiger partial charge in [-0.15, -0.1) is 0 Å². The molecule has 0 aliphatic carbocycles. The van der Waals surface area contributed by atoms with Crippen molar-refractivity contribution in [2.75, 3.05) is 7.11 Å². The molecule has 0 spiro atoms. The van der Waals surface area contributed by atoms with Crippen molar-refractivity contribution in [3.8, 4) is 5.88 Å². The van der Waals surface area contributed by atoms with Gasteiger partial charge in [0.15, 0.2) is 0 Å². The highest BCUT2D eigenvalue weighted by atomic mass is 19.1. The van der Waals surface area contributed by atoms with Crippen LogP contribution < -0.4 is 10.2 Å². The molecular formula is C8H13BFNO3. The highest BCUT2D eigenvalue weighted by molar-refractivity contribution is 6.58. The minimum Gasteiger partial charge on any atom is -0.481 e. The third-order valence-electron chi connectivity index (χ3n) is 1.35. The number of hydrogen-bond donors (Lipinski definition) is 2. The molecule has 1 aromatic heterocycles. The second-order valence-corrected chi connectivity index (χ2v) is 2.12. The third kappa shape index (κ3) is 3.31. The lowest BCUT2D eigenvalue weighted by molar-refractivity contribution is 0.394. The number of rotatable bonds is 2. The van der Waals surface area contributed by atoms with Crippen molar-refractivity contribution in [3.05, 3.63) is 18.1 Å². The normalized spacial score (nSPS) is 8.71. The molecule has 4 nitrogen and oxygen atoms in total. The second-order valence-electron chi connectivity index (χ2n) is 2.12. The molecule has 14 heavy (non-hydrogen) atoms. The maximum absolute atomic E-state index is 12.7. The monoisotopic (exact) mass is 201 g/mol. The molecule has 0 saturated heterocycles. The SMILES string of the molecule is CC.COc1cc(B(O)O)c(F)cn1. The molecule has 0 atom stereocenters. The van der Waals surface area contributed by atoms with E-state index in [2.05, 4.69) is 9.72 Å². The zero-order valence-corrected chi connectivity index (χ0v) is 8.36. The van der Waals surface area contributed by atoms with Crippen LogP contribution in [-0.2, 0) is 0 Å². The lowest BCUT2D eigenvalue weighted by atomic mass is 9.80. The third-order valence-corrected chi connectivity index (χ3v) is 1.35. The van der Waals surface area contributed by atoms with Gasteiger partial charge in [0.2, 0.25) is 5.88 Å². The van der Waals surface area contributed by atoms with Crippen molar-refractivity contribution in [1.82, 2.24) is 4.98 Å². The zero-order valence-electron chi connectivity index (χ0n) is 8.36. The van der Waals surface area contributed by atoms with Crippen molar-refractivity contribution in [2.24, 2.45) is 0 Å². The minimum atomic E-state index is -1.85. The van der Waals surface area contributed by atoms with E-state index in [4.69, 9.17) is 10.0 Å². The number of halogens is 1. The average Bonchev–Trinajstić information content (AvgIpc) is 2.21. The fourth-order valence-electron chi connectivity index (χ4n) is 0.744. The van der Waals surface area contributed by atoms with Crippen LogP contribution >= 0.6 is 0 Å². The molecule has 0 unspecified atom stereocenters. The topological polar surface area (TPSA) is 62.6 Å². The van der Waals surface area contributed by atoms with E-state index in [0.29, 0.717) is 0 Å². The highest BCUT2D eigenvalue weighted by Crippen LogP contribution is 2.03. The number of methoxy groups -OCH3 is 1. The van der Waals surface area contributed by atoms with E-state index >= 15 is 0 Å². The maximum Gasteiger partial charge on any atom is 0.491 e. The van der Waals surface area contributed by atoms with E-state index in [1.54, 1.807) is 0 Å². The van der Waals surface area contributed by atoms with Gasteiger partial charge in [-0.2, -0.15) is 0 Å². The standard InChI is InChI=1S/C6H7BFNO3.C2H6/c1-12-6-2-4(7(10)11)5(8)3-9-6;1-2/h2-3,10-11H,1H3;1-2H3. The molecule has 0 fully saturated rings. The van der Waals surface area contributed by atoms with Gasteiger partial charge in [-0.25, -0.2) is 9.37 Å². The molecule has 1 heterocycles. The Bertz CT molecular complexity index is 283. The summed E-state index contributed by atoms with van der Waals surface area (Å²) in [6.07, 6.45) is 0.869. The molecular weight excluding hydrogens is 188 g/mol. The molecule has 0 radical (unpaired) electrons. The van der Waals surface area contributed by atoms with E-state index in [1.165, 1.54) is 7.11 Å². The van der Waals surface area contributed by atoms with E-state index in [9.17, 15) is 4.39 Å². The summed E-state index contributed by atoms with van der Waals surface area (Å²) in [4.78, 5) is 3.52. The Hall–Kier alpha value is -1.14. The van der Waals surface area contributed by atoms with Crippen LogP contribution in [0, 0.1) is 5.82 Å². The number of ether oxygens (including phenoxy) is 1. The quantitative estimate of drug-likeness (QED) is 0.657. The Morgan fingerprint density at radius 3 is 2.43 bits per heavy atom. The van der Waals surface area contributed by atoms with Crippen molar-refractivity contribution in [1.29, 1.82) is 0 Å². The number of nitrogens with zero attached hydrogens (tertiary/aromatic N) is 1. The predicted octanol–water partition coefficient (Wildman–Crippen LogP) is -0.0647. The summed E-state index contributed by atoms with van der Waals surface area (Å²) in [7, 11) is -0.491.